The Morgan fingerprint density at radius 2 is 1.88 bits per heavy atom. The van der Waals surface area contributed by atoms with E-state index in [9.17, 15) is 9.90 Å². The van der Waals surface area contributed by atoms with Crippen LogP contribution in [0.5, 0.6) is 0 Å². The number of H-pyrrole nitrogens is 1. The topological polar surface area (TPSA) is 89.8 Å². The number of aromatic nitrogens is 4. The van der Waals surface area contributed by atoms with Crippen LogP contribution in [0.4, 0.5) is 5.82 Å². The summed E-state index contributed by atoms with van der Waals surface area (Å²) in [5, 5.41) is 14.0. The highest BCUT2D eigenvalue weighted by Gasteiger charge is 2.22. The number of nitrogens with zero attached hydrogens (tertiary/aromatic N) is 5. The summed E-state index contributed by atoms with van der Waals surface area (Å²) >= 11 is 0. The minimum atomic E-state index is -0.238. The Bertz CT molecular complexity index is 1360. The van der Waals surface area contributed by atoms with Crippen LogP contribution < -0.4 is 10.5 Å². The summed E-state index contributed by atoms with van der Waals surface area (Å²) in [5.41, 5.74) is 4.86. The zero-order valence-corrected chi connectivity index (χ0v) is 19.1. The van der Waals surface area contributed by atoms with Crippen LogP contribution in [0.15, 0.2) is 53.5 Å². The van der Waals surface area contributed by atoms with Gasteiger partial charge in [0.05, 0.1) is 12.3 Å². The Labute approximate surface area is 192 Å². The average molecular weight is 445 g/mol. The predicted molar refractivity (Wildman–Crippen MR) is 129 cm³/mol. The minimum Gasteiger partial charge on any atom is -0.390 e. The molecule has 1 aliphatic heterocycles. The summed E-state index contributed by atoms with van der Waals surface area (Å²) in [6, 6.07) is 13.9. The monoisotopic (exact) mass is 444 g/mol. The standard InChI is InChI=1S/C25H28N6O2/c1-16-12-23(30-11-10-29(3)17(2)14-30)26-13-21(16)18-4-6-19(7-5-18)24-27-25(33)22-9-8-20(15-32)31(22)28-24/h4-9,12-13,17,32H,10-11,14-15H2,1-3H3,(H,27,28,33)/t17-/m0/s1. The number of hydrogen-bond acceptors (Lipinski definition) is 6. The fourth-order valence-corrected chi connectivity index (χ4v) is 4.39. The van der Waals surface area contributed by atoms with Crippen LogP contribution in [0.2, 0.25) is 0 Å². The summed E-state index contributed by atoms with van der Waals surface area (Å²) in [6.45, 7) is 7.18. The van der Waals surface area contributed by atoms with E-state index in [4.69, 9.17) is 4.98 Å². The lowest BCUT2D eigenvalue weighted by Gasteiger charge is -2.38. The van der Waals surface area contributed by atoms with Crippen LogP contribution >= 0.6 is 0 Å². The van der Waals surface area contributed by atoms with Gasteiger partial charge in [-0.15, -0.1) is 5.10 Å². The van der Waals surface area contributed by atoms with E-state index in [1.165, 1.54) is 10.1 Å². The maximum Gasteiger partial charge on any atom is 0.275 e. The lowest BCUT2D eigenvalue weighted by atomic mass is 10.0. The average Bonchev–Trinajstić information content (AvgIpc) is 3.25. The maximum atomic E-state index is 12.4. The van der Waals surface area contributed by atoms with Gasteiger partial charge in [-0.3, -0.25) is 4.79 Å². The first-order valence-electron chi connectivity index (χ1n) is 11.2. The molecule has 4 heterocycles. The molecule has 33 heavy (non-hydrogen) atoms. The SMILES string of the molecule is Cc1cc(N2CCN(C)[C@@H](C)C2)ncc1-c1ccc(-c2nn3c(CO)ccc3c(=O)[nH]2)cc1. The fraction of sp³-hybridized carbons (Fsp3) is 0.320. The number of benzene rings is 1. The second kappa shape index (κ2) is 8.46. The van der Waals surface area contributed by atoms with Gasteiger partial charge in [-0.1, -0.05) is 24.3 Å². The maximum absolute atomic E-state index is 12.4. The van der Waals surface area contributed by atoms with Gasteiger partial charge in [0.25, 0.3) is 5.56 Å². The van der Waals surface area contributed by atoms with E-state index in [-0.39, 0.29) is 12.2 Å². The molecule has 2 N–H and O–H groups in total. The van der Waals surface area contributed by atoms with Crippen molar-refractivity contribution in [2.75, 3.05) is 31.6 Å². The van der Waals surface area contributed by atoms with Gasteiger partial charge in [0.2, 0.25) is 0 Å². The minimum absolute atomic E-state index is 0.182. The first-order valence-corrected chi connectivity index (χ1v) is 11.2. The zero-order valence-electron chi connectivity index (χ0n) is 19.1. The van der Waals surface area contributed by atoms with Crippen molar-refractivity contribution >= 4 is 11.3 Å². The van der Waals surface area contributed by atoms with E-state index >= 15 is 0 Å². The largest absolute Gasteiger partial charge is 0.390 e. The van der Waals surface area contributed by atoms with E-state index in [1.54, 1.807) is 12.1 Å². The van der Waals surface area contributed by atoms with E-state index in [0.29, 0.717) is 23.1 Å². The van der Waals surface area contributed by atoms with Crippen molar-refractivity contribution in [2.45, 2.75) is 26.5 Å². The number of anilines is 1. The molecule has 0 unspecified atom stereocenters. The van der Waals surface area contributed by atoms with Gasteiger partial charge in [-0.25, -0.2) is 9.50 Å². The molecule has 170 valence electrons. The number of aliphatic hydroxyl groups excluding tert-OH is 1. The number of rotatable bonds is 4. The van der Waals surface area contributed by atoms with Crippen molar-refractivity contribution in [1.82, 2.24) is 24.5 Å². The summed E-state index contributed by atoms with van der Waals surface area (Å²) in [4.78, 5) is 24.7. The molecule has 0 radical (unpaired) electrons. The molecule has 0 amide bonds. The zero-order chi connectivity index (χ0) is 23.1. The smallest absolute Gasteiger partial charge is 0.275 e. The van der Waals surface area contributed by atoms with Crippen LogP contribution in [0.1, 0.15) is 18.2 Å². The number of nitrogens with one attached hydrogen (secondary N) is 1. The molecule has 0 saturated carbocycles. The summed E-state index contributed by atoms with van der Waals surface area (Å²) in [6.07, 6.45) is 1.95. The lowest BCUT2D eigenvalue weighted by molar-refractivity contribution is 0.233. The van der Waals surface area contributed by atoms with E-state index < -0.39 is 0 Å². The quantitative estimate of drug-likeness (QED) is 0.503. The van der Waals surface area contributed by atoms with Gasteiger partial charge in [-0.2, -0.15) is 0 Å². The third-order valence-corrected chi connectivity index (χ3v) is 6.61. The Morgan fingerprint density at radius 1 is 1.12 bits per heavy atom. The molecule has 0 spiro atoms. The molecule has 1 fully saturated rings. The molecule has 8 heteroatoms. The first kappa shape index (κ1) is 21.4. The fourth-order valence-electron chi connectivity index (χ4n) is 4.39. The van der Waals surface area contributed by atoms with Gasteiger partial charge < -0.3 is 19.9 Å². The van der Waals surface area contributed by atoms with Gasteiger partial charge >= 0.3 is 0 Å². The van der Waals surface area contributed by atoms with Crippen molar-refractivity contribution in [3.05, 3.63) is 70.3 Å². The molecular formula is C25H28N6O2. The molecular weight excluding hydrogens is 416 g/mol. The number of likely N-dealkylation sites (N-methyl/N-ethyl adjacent to an activating group) is 1. The molecule has 0 aliphatic carbocycles. The second-order valence-corrected chi connectivity index (χ2v) is 8.79. The van der Waals surface area contributed by atoms with Gasteiger partial charge in [-0.05, 0) is 50.2 Å². The molecule has 8 nitrogen and oxygen atoms in total. The third-order valence-electron chi connectivity index (χ3n) is 6.61. The van der Waals surface area contributed by atoms with Gasteiger partial charge in [0, 0.05) is 43.0 Å². The second-order valence-electron chi connectivity index (χ2n) is 8.79. The van der Waals surface area contributed by atoms with Crippen LogP contribution in [0.25, 0.3) is 28.0 Å². The van der Waals surface area contributed by atoms with Crippen molar-refractivity contribution < 1.29 is 5.11 Å². The number of aryl methyl sites for hydroxylation is 1. The normalized spacial score (nSPS) is 17.1. The Hall–Kier alpha value is -3.49. The number of pyridine rings is 1. The van der Waals surface area contributed by atoms with Crippen molar-refractivity contribution in [3.63, 3.8) is 0 Å². The van der Waals surface area contributed by atoms with Crippen LogP contribution in [-0.4, -0.2) is 62.3 Å². The highest BCUT2D eigenvalue weighted by molar-refractivity contribution is 5.71. The summed E-state index contributed by atoms with van der Waals surface area (Å²) in [7, 11) is 2.17. The molecule has 4 aromatic rings. The number of aliphatic hydroxyl groups is 1. The van der Waals surface area contributed by atoms with E-state index in [1.807, 2.05) is 30.5 Å². The predicted octanol–water partition coefficient (Wildman–Crippen LogP) is 2.69. The van der Waals surface area contributed by atoms with Gasteiger partial charge in [0.1, 0.15) is 11.3 Å². The van der Waals surface area contributed by atoms with Crippen molar-refractivity contribution in [2.24, 2.45) is 0 Å². The molecule has 1 saturated heterocycles. The third kappa shape index (κ3) is 3.92. The van der Waals surface area contributed by atoms with Crippen molar-refractivity contribution in [3.8, 4) is 22.5 Å². The molecule has 1 aliphatic rings. The number of aromatic amines is 1. The Kier molecular flexibility index (Phi) is 5.47. The van der Waals surface area contributed by atoms with Crippen molar-refractivity contribution in [1.29, 1.82) is 0 Å². The Balaban J connectivity index is 1.42. The molecule has 5 rings (SSSR count). The van der Waals surface area contributed by atoms with E-state index in [0.717, 1.165) is 42.1 Å². The molecule has 3 aromatic heterocycles. The summed E-state index contributed by atoms with van der Waals surface area (Å²) in [5.74, 6) is 1.48. The first-order chi connectivity index (χ1) is 15.9. The van der Waals surface area contributed by atoms with E-state index in [2.05, 4.69) is 46.8 Å². The lowest BCUT2D eigenvalue weighted by Crippen LogP contribution is -2.50. The van der Waals surface area contributed by atoms with Crippen LogP contribution in [0.3, 0.4) is 0 Å². The number of fused-ring (bicyclic) bond motifs is 1. The summed E-state index contributed by atoms with van der Waals surface area (Å²) < 4.78 is 1.49. The number of piperazine rings is 1. The molecule has 0 bridgehead atoms. The van der Waals surface area contributed by atoms with Crippen LogP contribution in [0, 0.1) is 6.92 Å². The molecule has 1 atom stereocenters. The Morgan fingerprint density at radius 3 is 2.58 bits per heavy atom. The number of hydrogen-bond donors (Lipinski definition) is 2. The molecule has 1 aromatic carbocycles. The van der Waals surface area contributed by atoms with Crippen LogP contribution in [-0.2, 0) is 6.61 Å². The highest BCUT2D eigenvalue weighted by Crippen LogP contribution is 2.28. The van der Waals surface area contributed by atoms with Gasteiger partial charge in [0.15, 0.2) is 5.82 Å². The highest BCUT2D eigenvalue weighted by atomic mass is 16.3.